The van der Waals surface area contributed by atoms with E-state index < -0.39 is 6.04 Å². The molecule has 34 heavy (non-hydrogen) atoms. The number of amides is 2. The number of Topliss-reactive ketones (excluding diaryl/α,β-unsaturated/α-hetero) is 1. The molecule has 0 radical (unpaired) electrons. The summed E-state index contributed by atoms with van der Waals surface area (Å²) in [6.07, 6.45) is 2.96. The Morgan fingerprint density at radius 2 is 1.74 bits per heavy atom. The van der Waals surface area contributed by atoms with E-state index in [2.05, 4.69) is 15.5 Å². The number of rotatable bonds is 7. The standard InChI is InChI=1S/C27H29N3O4/c1-18-13-16-34-25(18)27(33)28-22-11-14-30(15-12-22)24(20-7-4-3-5-8-20)26(32)29-23-10-6-9-21(17-23)19(2)31/h3-10,13,16-17,22,24H,11-12,14-15H2,1-2H3,(H,28,33)(H,29,32). The molecule has 2 heterocycles. The summed E-state index contributed by atoms with van der Waals surface area (Å²) in [5.74, 6) is -0.0643. The van der Waals surface area contributed by atoms with Gasteiger partial charge in [0.1, 0.15) is 6.04 Å². The Kier molecular flexibility index (Phi) is 7.23. The van der Waals surface area contributed by atoms with Gasteiger partial charge in [0.2, 0.25) is 5.91 Å². The number of likely N-dealkylation sites (tertiary alicyclic amines) is 1. The Labute approximate surface area is 199 Å². The minimum atomic E-state index is -0.480. The lowest BCUT2D eigenvalue weighted by atomic mass is 9.98. The highest BCUT2D eigenvalue weighted by molar-refractivity contribution is 5.99. The van der Waals surface area contributed by atoms with Crippen LogP contribution < -0.4 is 10.6 Å². The van der Waals surface area contributed by atoms with Crippen LogP contribution in [0.1, 0.15) is 57.8 Å². The van der Waals surface area contributed by atoms with Gasteiger partial charge in [-0.1, -0.05) is 42.5 Å². The summed E-state index contributed by atoms with van der Waals surface area (Å²) in [4.78, 5) is 39.8. The zero-order valence-corrected chi connectivity index (χ0v) is 19.4. The smallest absolute Gasteiger partial charge is 0.287 e. The Morgan fingerprint density at radius 3 is 2.38 bits per heavy atom. The first-order valence-corrected chi connectivity index (χ1v) is 11.5. The van der Waals surface area contributed by atoms with E-state index in [9.17, 15) is 14.4 Å². The van der Waals surface area contributed by atoms with E-state index in [-0.39, 0.29) is 23.6 Å². The van der Waals surface area contributed by atoms with Gasteiger partial charge in [-0.3, -0.25) is 19.3 Å². The summed E-state index contributed by atoms with van der Waals surface area (Å²) in [6.45, 7) is 4.66. The predicted molar refractivity (Wildman–Crippen MR) is 130 cm³/mol. The SMILES string of the molecule is CC(=O)c1cccc(NC(=O)C(c2ccccc2)N2CCC(NC(=O)c3occc3C)CC2)c1. The number of anilines is 1. The van der Waals surface area contributed by atoms with Crippen LogP contribution in [0.5, 0.6) is 0 Å². The fourth-order valence-electron chi connectivity index (χ4n) is 4.35. The molecule has 1 aromatic heterocycles. The molecule has 1 saturated heterocycles. The third kappa shape index (κ3) is 5.43. The van der Waals surface area contributed by atoms with E-state index in [0.717, 1.165) is 24.0 Å². The summed E-state index contributed by atoms with van der Waals surface area (Å²) in [5, 5.41) is 6.04. The van der Waals surface area contributed by atoms with Crippen molar-refractivity contribution < 1.29 is 18.8 Å². The van der Waals surface area contributed by atoms with Crippen LogP contribution in [0, 0.1) is 6.92 Å². The molecule has 2 aromatic carbocycles. The van der Waals surface area contributed by atoms with E-state index in [1.165, 1.54) is 13.2 Å². The highest BCUT2D eigenvalue weighted by atomic mass is 16.3. The number of furan rings is 1. The van der Waals surface area contributed by atoms with Crippen LogP contribution in [0.15, 0.2) is 71.3 Å². The topological polar surface area (TPSA) is 91.7 Å². The number of nitrogens with one attached hydrogen (secondary N) is 2. The summed E-state index contributed by atoms with van der Waals surface area (Å²) < 4.78 is 5.30. The van der Waals surface area contributed by atoms with Gasteiger partial charge in [0.15, 0.2) is 11.5 Å². The molecule has 2 amide bonds. The van der Waals surface area contributed by atoms with E-state index >= 15 is 0 Å². The molecule has 7 heteroatoms. The van der Waals surface area contributed by atoms with Gasteiger partial charge < -0.3 is 15.1 Å². The summed E-state index contributed by atoms with van der Waals surface area (Å²) in [6, 6.07) is 17.9. The summed E-state index contributed by atoms with van der Waals surface area (Å²) in [7, 11) is 0. The number of benzene rings is 2. The second kappa shape index (κ2) is 10.5. The maximum atomic E-state index is 13.4. The molecule has 0 aliphatic carbocycles. The van der Waals surface area contributed by atoms with Crippen LogP contribution >= 0.6 is 0 Å². The summed E-state index contributed by atoms with van der Waals surface area (Å²) >= 11 is 0. The van der Waals surface area contributed by atoms with Crippen molar-refractivity contribution in [2.24, 2.45) is 0 Å². The van der Waals surface area contributed by atoms with E-state index in [1.54, 1.807) is 30.3 Å². The maximum Gasteiger partial charge on any atom is 0.287 e. The molecule has 0 spiro atoms. The Hall–Kier alpha value is -3.71. The molecule has 1 aliphatic heterocycles. The lowest BCUT2D eigenvalue weighted by molar-refractivity contribution is -0.122. The Balaban J connectivity index is 1.45. The molecular formula is C27H29N3O4. The van der Waals surface area contributed by atoms with Crippen molar-refractivity contribution >= 4 is 23.3 Å². The summed E-state index contributed by atoms with van der Waals surface area (Å²) in [5.41, 5.74) is 2.85. The molecule has 2 N–H and O–H groups in total. The maximum absolute atomic E-state index is 13.4. The monoisotopic (exact) mass is 459 g/mol. The molecule has 4 rings (SSSR count). The highest BCUT2D eigenvalue weighted by Crippen LogP contribution is 2.27. The van der Waals surface area contributed by atoms with Gasteiger partial charge in [-0.25, -0.2) is 0 Å². The van der Waals surface area contributed by atoms with Gasteiger partial charge in [0.05, 0.1) is 6.26 Å². The molecule has 1 unspecified atom stereocenters. The van der Waals surface area contributed by atoms with Crippen molar-refractivity contribution in [2.75, 3.05) is 18.4 Å². The van der Waals surface area contributed by atoms with Crippen LogP contribution in [0.25, 0.3) is 0 Å². The van der Waals surface area contributed by atoms with E-state index in [4.69, 9.17) is 4.42 Å². The van der Waals surface area contributed by atoms with Gasteiger partial charge >= 0.3 is 0 Å². The second-order valence-corrected chi connectivity index (χ2v) is 8.66. The fraction of sp³-hybridized carbons (Fsp3) is 0.296. The Bertz CT molecular complexity index is 1160. The van der Waals surface area contributed by atoms with Crippen molar-refractivity contribution in [1.29, 1.82) is 0 Å². The van der Waals surface area contributed by atoms with Crippen molar-refractivity contribution in [3.8, 4) is 0 Å². The molecule has 1 fully saturated rings. The molecule has 1 atom stereocenters. The minimum absolute atomic E-state index is 0.0139. The van der Waals surface area contributed by atoms with Crippen LogP contribution in [-0.2, 0) is 4.79 Å². The number of carbonyl (C=O) groups excluding carboxylic acids is 3. The Morgan fingerprint density at radius 1 is 1.00 bits per heavy atom. The van der Waals surface area contributed by atoms with E-state index in [0.29, 0.717) is 30.1 Å². The molecule has 1 aliphatic rings. The third-order valence-electron chi connectivity index (χ3n) is 6.20. The van der Waals surface area contributed by atoms with Gasteiger partial charge in [-0.2, -0.15) is 0 Å². The quantitative estimate of drug-likeness (QED) is 0.512. The first-order valence-electron chi connectivity index (χ1n) is 11.5. The van der Waals surface area contributed by atoms with Crippen molar-refractivity contribution in [3.63, 3.8) is 0 Å². The molecule has 0 bridgehead atoms. The van der Waals surface area contributed by atoms with E-state index in [1.807, 2.05) is 37.3 Å². The minimum Gasteiger partial charge on any atom is -0.459 e. The number of aryl methyl sites for hydroxylation is 1. The number of piperidine rings is 1. The molecular weight excluding hydrogens is 430 g/mol. The molecule has 3 aromatic rings. The van der Waals surface area contributed by atoms with Crippen LogP contribution in [0.3, 0.4) is 0 Å². The number of carbonyl (C=O) groups is 3. The molecule has 176 valence electrons. The van der Waals surface area contributed by atoms with Gasteiger partial charge in [-0.05, 0) is 50.5 Å². The fourth-order valence-corrected chi connectivity index (χ4v) is 4.35. The first kappa shape index (κ1) is 23.4. The zero-order chi connectivity index (χ0) is 24.1. The van der Waals surface area contributed by atoms with Crippen LogP contribution in [0.4, 0.5) is 5.69 Å². The predicted octanol–water partition coefficient (Wildman–Crippen LogP) is 4.36. The average molecular weight is 460 g/mol. The number of ketones is 1. The normalized spacial score (nSPS) is 15.5. The van der Waals surface area contributed by atoms with Crippen molar-refractivity contribution in [1.82, 2.24) is 10.2 Å². The van der Waals surface area contributed by atoms with Crippen LogP contribution in [-0.4, -0.2) is 41.6 Å². The van der Waals surface area contributed by atoms with Gasteiger partial charge in [0, 0.05) is 35.9 Å². The molecule has 7 nitrogen and oxygen atoms in total. The van der Waals surface area contributed by atoms with Crippen molar-refractivity contribution in [2.45, 2.75) is 38.8 Å². The number of hydrogen-bond donors (Lipinski definition) is 2. The van der Waals surface area contributed by atoms with Crippen molar-refractivity contribution in [3.05, 3.63) is 89.4 Å². The average Bonchev–Trinajstić information content (AvgIpc) is 3.27. The largest absolute Gasteiger partial charge is 0.459 e. The first-order chi connectivity index (χ1) is 16.4. The lowest BCUT2D eigenvalue weighted by Crippen LogP contribution is -2.48. The number of hydrogen-bond acceptors (Lipinski definition) is 5. The van der Waals surface area contributed by atoms with Crippen LogP contribution in [0.2, 0.25) is 0 Å². The lowest BCUT2D eigenvalue weighted by Gasteiger charge is -2.37. The number of nitrogens with zero attached hydrogens (tertiary/aromatic N) is 1. The third-order valence-corrected chi connectivity index (χ3v) is 6.20. The zero-order valence-electron chi connectivity index (χ0n) is 19.4. The molecule has 0 saturated carbocycles. The highest BCUT2D eigenvalue weighted by Gasteiger charge is 2.32. The second-order valence-electron chi connectivity index (χ2n) is 8.66. The van der Waals surface area contributed by atoms with Gasteiger partial charge in [-0.15, -0.1) is 0 Å². The van der Waals surface area contributed by atoms with Gasteiger partial charge in [0.25, 0.3) is 5.91 Å².